The molecule has 0 radical (unpaired) electrons. The van der Waals surface area contributed by atoms with Crippen LogP contribution < -0.4 is 5.32 Å². The second-order valence-corrected chi connectivity index (χ2v) is 5.79. The van der Waals surface area contributed by atoms with Gasteiger partial charge in [-0.2, -0.15) is 0 Å². The Hall–Kier alpha value is -2.39. The molecular formula is C19H14BrNO. The molecule has 3 aromatic carbocycles. The van der Waals surface area contributed by atoms with Crippen LogP contribution in [0.15, 0.2) is 83.3 Å². The van der Waals surface area contributed by atoms with Crippen molar-refractivity contribution in [2.24, 2.45) is 0 Å². The Morgan fingerprint density at radius 1 is 0.818 bits per heavy atom. The van der Waals surface area contributed by atoms with Crippen molar-refractivity contribution in [2.45, 2.75) is 0 Å². The van der Waals surface area contributed by atoms with E-state index in [2.05, 4.69) is 21.2 Å². The molecule has 3 aromatic rings. The van der Waals surface area contributed by atoms with Crippen LogP contribution in [-0.2, 0) is 0 Å². The maximum Gasteiger partial charge on any atom is 0.255 e. The van der Waals surface area contributed by atoms with E-state index in [1.807, 2.05) is 66.7 Å². The molecule has 0 saturated carbocycles. The molecule has 22 heavy (non-hydrogen) atoms. The molecule has 0 saturated heterocycles. The van der Waals surface area contributed by atoms with Crippen molar-refractivity contribution in [1.82, 2.24) is 0 Å². The van der Waals surface area contributed by atoms with Gasteiger partial charge < -0.3 is 5.32 Å². The van der Waals surface area contributed by atoms with E-state index in [1.165, 1.54) is 0 Å². The van der Waals surface area contributed by atoms with Crippen molar-refractivity contribution in [3.63, 3.8) is 0 Å². The molecule has 0 heterocycles. The van der Waals surface area contributed by atoms with Crippen LogP contribution in [0.2, 0.25) is 0 Å². The second-order valence-electron chi connectivity index (χ2n) is 4.88. The molecule has 0 spiro atoms. The molecule has 0 fully saturated rings. The van der Waals surface area contributed by atoms with Crippen LogP contribution in [-0.4, -0.2) is 5.91 Å². The van der Waals surface area contributed by atoms with E-state index in [4.69, 9.17) is 0 Å². The average molecular weight is 352 g/mol. The zero-order valence-corrected chi connectivity index (χ0v) is 13.4. The largest absolute Gasteiger partial charge is 0.321 e. The molecule has 0 bridgehead atoms. The van der Waals surface area contributed by atoms with Crippen LogP contribution >= 0.6 is 15.9 Å². The van der Waals surface area contributed by atoms with Gasteiger partial charge in [0.25, 0.3) is 5.91 Å². The summed E-state index contributed by atoms with van der Waals surface area (Å²) in [4.78, 5) is 12.4. The van der Waals surface area contributed by atoms with Gasteiger partial charge in [-0.05, 0) is 35.9 Å². The number of carbonyl (C=O) groups is 1. The van der Waals surface area contributed by atoms with Gasteiger partial charge in [-0.25, -0.2) is 0 Å². The fourth-order valence-electron chi connectivity index (χ4n) is 2.27. The van der Waals surface area contributed by atoms with Gasteiger partial charge in [0, 0.05) is 21.3 Å². The normalized spacial score (nSPS) is 10.2. The van der Waals surface area contributed by atoms with Gasteiger partial charge in [0.15, 0.2) is 0 Å². The highest BCUT2D eigenvalue weighted by Crippen LogP contribution is 2.31. The first kappa shape index (κ1) is 14.5. The summed E-state index contributed by atoms with van der Waals surface area (Å²) in [6.07, 6.45) is 0. The molecule has 0 aromatic heterocycles. The summed E-state index contributed by atoms with van der Waals surface area (Å²) in [5, 5.41) is 2.99. The molecule has 0 atom stereocenters. The van der Waals surface area contributed by atoms with Crippen LogP contribution in [0.3, 0.4) is 0 Å². The average Bonchev–Trinajstić information content (AvgIpc) is 2.58. The number of halogens is 1. The van der Waals surface area contributed by atoms with Crippen LogP contribution in [0.5, 0.6) is 0 Å². The molecule has 0 aliphatic heterocycles. The van der Waals surface area contributed by atoms with E-state index in [1.54, 1.807) is 12.1 Å². The predicted molar refractivity (Wildman–Crippen MR) is 94.0 cm³/mol. The molecule has 0 aliphatic rings. The van der Waals surface area contributed by atoms with Crippen LogP contribution in [0.1, 0.15) is 10.4 Å². The Bertz CT molecular complexity index is 785. The Morgan fingerprint density at radius 3 is 2.14 bits per heavy atom. The van der Waals surface area contributed by atoms with Gasteiger partial charge in [-0.15, -0.1) is 0 Å². The summed E-state index contributed by atoms with van der Waals surface area (Å²) in [6, 6.07) is 25.1. The van der Waals surface area contributed by atoms with Gasteiger partial charge in [-0.3, -0.25) is 4.79 Å². The van der Waals surface area contributed by atoms with Crippen molar-refractivity contribution in [3.8, 4) is 11.1 Å². The standard InChI is InChI=1S/C19H14BrNO/c20-16-11-12-18(17(13-16)14-7-3-1-4-8-14)21-19(22)15-9-5-2-6-10-15/h1-13H,(H,21,22). The third-order valence-corrected chi connectivity index (χ3v) is 3.84. The first-order chi connectivity index (χ1) is 10.7. The smallest absolute Gasteiger partial charge is 0.255 e. The zero-order chi connectivity index (χ0) is 15.4. The summed E-state index contributed by atoms with van der Waals surface area (Å²) in [7, 11) is 0. The molecule has 2 nitrogen and oxygen atoms in total. The van der Waals surface area contributed by atoms with Crippen molar-refractivity contribution in [2.75, 3.05) is 5.32 Å². The molecule has 108 valence electrons. The van der Waals surface area contributed by atoms with Gasteiger partial charge in [0.05, 0.1) is 0 Å². The maximum atomic E-state index is 12.4. The molecule has 1 N–H and O–H groups in total. The van der Waals surface area contributed by atoms with Gasteiger partial charge in [0.1, 0.15) is 0 Å². The van der Waals surface area contributed by atoms with E-state index < -0.39 is 0 Å². The predicted octanol–water partition coefficient (Wildman–Crippen LogP) is 5.37. The van der Waals surface area contributed by atoms with Gasteiger partial charge >= 0.3 is 0 Å². The number of nitrogens with one attached hydrogen (secondary N) is 1. The number of amides is 1. The molecular weight excluding hydrogens is 338 g/mol. The fraction of sp³-hybridized carbons (Fsp3) is 0. The summed E-state index contributed by atoms with van der Waals surface area (Å²) >= 11 is 3.49. The minimum atomic E-state index is -0.111. The number of hydrogen-bond acceptors (Lipinski definition) is 1. The third-order valence-electron chi connectivity index (χ3n) is 3.35. The van der Waals surface area contributed by atoms with E-state index >= 15 is 0 Å². The highest BCUT2D eigenvalue weighted by molar-refractivity contribution is 9.10. The van der Waals surface area contributed by atoms with Crippen LogP contribution in [0.25, 0.3) is 11.1 Å². The first-order valence-corrected chi connectivity index (χ1v) is 7.75. The number of carbonyl (C=O) groups excluding carboxylic acids is 1. The van der Waals surface area contributed by atoms with Crippen molar-refractivity contribution in [3.05, 3.63) is 88.9 Å². The van der Waals surface area contributed by atoms with Crippen LogP contribution in [0.4, 0.5) is 5.69 Å². The Balaban J connectivity index is 1.96. The SMILES string of the molecule is O=C(Nc1ccc(Br)cc1-c1ccccc1)c1ccccc1. The zero-order valence-electron chi connectivity index (χ0n) is 11.8. The number of hydrogen-bond donors (Lipinski definition) is 1. The monoisotopic (exact) mass is 351 g/mol. The lowest BCUT2D eigenvalue weighted by Crippen LogP contribution is -2.12. The van der Waals surface area contributed by atoms with Gasteiger partial charge in [0.2, 0.25) is 0 Å². The Kier molecular flexibility index (Phi) is 4.35. The lowest BCUT2D eigenvalue weighted by Gasteiger charge is -2.12. The molecule has 1 amide bonds. The quantitative estimate of drug-likeness (QED) is 0.675. The first-order valence-electron chi connectivity index (χ1n) is 6.95. The van der Waals surface area contributed by atoms with Crippen molar-refractivity contribution >= 4 is 27.5 Å². The van der Waals surface area contributed by atoms with E-state index in [0.717, 1.165) is 21.3 Å². The molecule has 0 aliphatic carbocycles. The summed E-state index contributed by atoms with van der Waals surface area (Å²) in [6.45, 7) is 0. The lowest BCUT2D eigenvalue weighted by atomic mass is 10.0. The van der Waals surface area contributed by atoms with E-state index in [9.17, 15) is 4.79 Å². The minimum Gasteiger partial charge on any atom is -0.321 e. The lowest BCUT2D eigenvalue weighted by molar-refractivity contribution is 0.102. The highest BCUT2D eigenvalue weighted by Gasteiger charge is 2.10. The number of benzene rings is 3. The minimum absolute atomic E-state index is 0.111. The Labute approximate surface area is 137 Å². The van der Waals surface area contributed by atoms with Crippen molar-refractivity contribution in [1.29, 1.82) is 0 Å². The number of rotatable bonds is 3. The molecule has 3 rings (SSSR count). The van der Waals surface area contributed by atoms with E-state index in [0.29, 0.717) is 5.56 Å². The summed E-state index contributed by atoms with van der Waals surface area (Å²) in [5.41, 5.74) is 3.49. The number of anilines is 1. The van der Waals surface area contributed by atoms with Crippen molar-refractivity contribution < 1.29 is 4.79 Å². The second kappa shape index (κ2) is 6.58. The molecule has 3 heteroatoms. The molecule has 0 unspecified atom stereocenters. The van der Waals surface area contributed by atoms with E-state index in [-0.39, 0.29) is 5.91 Å². The summed E-state index contributed by atoms with van der Waals surface area (Å²) in [5.74, 6) is -0.111. The van der Waals surface area contributed by atoms with Gasteiger partial charge in [-0.1, -0.05) is 64.5 Å². The Morgan fingerprint density at radius 2 is 1.45 bits per heavy atom. The maximum absolute atomic E-state index is 12.4. The third kappa shape index (κ3) is 3.26. The summed E-state index contributed by atoms with van der Waals surface area (Å²) < 4.78 is 0.976. The topological polar surface area (TPSA) is 29.1 Å². The fourth-order valence-corrected chi connectivity index (χ4v) is 2.63. The van der Waals surface area contributed by atoms with Crippen LogP contribution in [0, 0.1) is 0 Å². The highest BCUT2D eigenvalue weighted by atomic mass is 79.9.